The van der Waals surface area contributed by atoms with E-state index in [4.69, 9.17) is 0 Å². The molecule has 12 heavy (non-hydrogen) atoms. The van der Waals surface area contributed by atoms with Crippen molar-refractivity contribution in [2.45, 2.75) is 38.1 Å². The van der Waals surface area contributed by atoms with Crippen molar-refractivity contribution in [2.75, 3.05) is 19.6 Å². The van der Waals surface area contributed by atoms with Crippen LogP contribution < -0.4 is 10.6 Å². The lowest BCUT2D eigenvalue weighted by Crippen LogP contribution is -2.30. The zero-order valence-electron chi connectivity index (χ0n) is 8.03. The largest absolute Gasteiger partial charge is 0.316 e. The summed E-state index contributed by atoms with van der Waals surface area (Å²) in [7, 11) is 0. The molecule has 2 rings (SSSR count). The molecular formula is C10H20N2. The summed E-state index contributed by atoms with van der Waals surface area (Å²) in [5.41, 5.74) is 0.534. The molecule has 0 aromatic heterocycles. The van der Waals surface area contributed by atoms with Crippen LogP contribution in [-0.4, -0.2) is 25.2 Å². The Morgan fingerprint density at radius 1 is 1.50 bits per heavy atom. The second-order valence-electron chi connectivity index (χ2n) is 4.63. The smallest absolute Gasteiger partial charge is 0.0154 e. The van der Waals surface area contributed by atoms with Crippen LogP contribution in [0.3, 0.4) is 0 Å². The fourth-order valence-corrected chi connectivity index (χ4v) is 1.90. The van der Waals surface area contributed by atoms with E-state index in [9.17, 15) is 0 Å². The molecule has 2 heteroatoms. The Kier molecular flexibility index (Phi) is 2.37. The van der Waals surface area contributed by atoms with Gasteiger partial charge in [-0.3, -0.25) is 0 Å². The Morgan fingerprint density at radius 3 is 2.92 bits per heavy atom. The minimum atomic E-state index is 0.534. The van der Waals surface area contributed by atoms with Crippen LogP contribution in [-0.2, 0) is 0 Å². The quantitative estimate of drug-likeness (QED) is 0.657. The Hall–Kier alpha value is -0.0800. The van der Waals surface area contributed by atoms with Gasteiger partial charge in [-0.2, -0.15) is 0 Å². The highest BCUT2D eigenvalue weighted by Gasteiger charge is 2.36. The van der Waals surface area contributed by atoms with Crippen molar-refractivity contribution in [3.05, 3.63) is 0 Å². The summed E-state index contributed by atoms with van der Waals surface area (Å²) in [6.07, 6.45) is 5.52. The highest BCUT2D eigenvalue weighted by Crippen LogP contribution is 2.34. The summed E-state index contributed by atoms with van der Waals surface area (Å²) < 4.78 is 0. The summed E-state index contributed by atoms with van der Waals surface area (Å²) in [5, 5.41) is 7.04. The van der Waals surface area contributed by atoms with E-state index in [0.29, 0.717) is 5.54 Å². The highest BCUT2D eigenvalue weighted by molar-refractivity contribution is 4.97. The Labute approximate surface area is 75.1 Å². The lowest BCUT2D eigenvalue weighted by atomic mass is 10.1. The molecule has 2 N–H and O–H groups in total. The first-order valence-electron chi connectivity index (χ1n) is 5.24. The summed E-state index contributed by atoms with van der Waals surface area (Å²) in [5.74, 6) is 0.944. The van der Waals surface area contributed by atoms with Gasteiger partial charge in [0.25, 0.3) is 0 Å². The van der Waals surface area contributed by atoms with E-state index in [-0.39, 0.29) is 0 Å². The molecule has 1 atom stereocenters. The van der Waals surface area contributed by atoms with Gasteiger partial charge in [0.2, 0.25) is 0 Å². The third-order valence-corrected chi connectivity index (χ3v) is 3.27. The van der Waals surface area contributed by atoms with E-state index >= 15 is 0 Å². The summed E-state index contributed by atoms with van der Waals surface area (Å²) in [6, 6.07) is 0. The van der Waals surface area contributed by atoms with Gasteiger partial charge in [-0.05, 0) is 58.2 Å². The topological polar surface area (TPSA) is 24.1 Å². The molecule has 2 nitrogen and oxygen atoms in total. The number of rotatable bonds is 4. The van der Waals surface area contributed by atoms with Gasteiger partial charge >= 0.3 is 0 Å². The molecular weight excluding hydrogens is 148 g/mol. The average molecular weight is 168 g/mol. The first-order chi connectivity index (χ1) is 5.79. The van der Waals surface area contributed by atoms with Crippen LogP contribution in [0.1, 0.15) is 32.6 Å². The second-order valence-corrected chi connectivity index (χ2v) is 4.63. The van der Waals surface area contributed by atoms with Gasteiger partial charge in [-0.25, -0.2) is 0 Å². The number of nitrogens with one attached hydrogen (secondary N) is 2. The van der Waals surface area contributed by atoms with E-state index in [1.165, 1.54) is 45.3 Å². The zero-order chi connectivity index (χ0) is 8.44. The maximum absolute atomic E-state index is 3.63. The molecule has 2 aliphatic rings. The molecule has 1 aliphatic carbocycles. The molecule has 1 saturated carbocycles. The van der Waals surface area contributed by atoms with Crippen molar-refractivity contribution in [3.63, 3.8) is 0 Å². The van der Waals surface area contributed by atoms with E-state index in [2.05, 4.69) is 17.6 Å². The second kappa shape index (κ2) is 3.35. The molecule has 0 radical (unpaired) electrons. The predicted octanol–water partition coefficient (Wildman–Crippen LogP) is 1.13. The minimum absolute atomic E-state index is 0.534. The lowest BCUT2D eigenvalue weighted by molar-refractivity contribution is 0.458. The zero-order valence-corrected chi connectivity index (χ0v) is 8.03. The lowest BCUT2D eigenvalue weighted by Gasteiger charge is -2.13. The number of hydrogen-bond acceptors (Lipinski definition) is 2. The van der Waals surface area contributed by atoms with Gasteiger partial charge in [0.05, 0.1) is 0 Å². The Bertz CT molecular complexity index is 146. The summed E-state index contributed by atoms with van der Waals surface area (Å²) >= 11 is 0. The third kappa shape index (κ3) is 2.20. The van der Waals surface area contributed by atoms with Crippen LogP contribution in [0.25, 0.3) is 0 Å². The van der Waals surface area contributed by atoms with E-state index in [1.54, 1.807) is 0 Å². The number of hydrogen-bond donors (Lipinski definition) is 2. The van der Waals surface area contributed by atoms with Crippen molar-refractivity contribution in [1.29, 1.82) is 0 Å². The molecule has 0 aromatic rings. The predicted molar refractivity (Wildman–Crippen MR) is 51.2 cm³/mol. The maximum atomic E-state index is 3.63. The molecule has 0 aromatic carbocycles. The molecule has 1 unspecified atom stereocenters. The Morgan fingerprint density at radius 2 is 2.33 bits per heavy atom. The minimum Gasteiger partial charge on any atom is -0.316 e. The van der Waals surface area contributed by atoms with E-state index in [1.807, 2.05) is 0 Å². The molecule has 1 saturated heterocycles. The van der Waals surface area contributed by atoms with Crippen LogP contribution in [0, 0.1) is 5.92 Å². The van der Waals surface area contributed by atoms with Gasteiger partial charge in [0.1, 0.15) is 0 Å². The van der Waals surface area contributed by atoms with Gasteiger partial charge in [0, 0.05) is 5.54 Å². The van der Waals surface area contributed by atoms with Crippen molar-refractivity contribution >= 4 is 0 Å². The fraction of sp³-hybridized carbons (Fsp3) is 1.00. The average Bonchev–Trinajstić information content (AvgIpc) is 2.61. The fourth-order valence-electron chi connectivity index (χ4n) is 1.90. The molecule has 70 valence electrons. The monoisotopic (exact) mass is 168 g/mol. The van der Waals surface area contributed by atoms with E-state index in [0.717, 1.165) is 5.92 Å². The molecule has 0 bridgehead atoms. The maximum Gasteiger partial charge on any atom is 0.0154 e. The standard InChI is InChI=1S/C10H20N2/c1-10(4-5-10)12-7-3-9-2-6-11-8-9/h9,11-12H,2-8H2,1H3. The summed E-state index contributed by atoms with van der Waals surface area (Å²) in [6.45, 7) is 6.04. The van der Waals surface area contributed by atoms with Crippen molar-refractivity contribution in [3.8, 4) is 0 Å². The van der Waals surface area contributed by atoms with Crippen LogP contribution >= 0.6 is 0 Å². The van der Waals surface area contributed by atoms with Gasteiger partial charge < -0.3 is 10.6 Å². The summed E-state index contributed by atoms with van der Waals surface area (Å²) in [4.78, 5) is 0. The first-order valence-corrected chi connectivity index (χ1v) is 5.24. The van der Waals surface area contributed by atoms with Gasteiger partial charge in [-0.1, -0.05) is 0 Å². The van der Waals surface area contributed by atoms with Crippen molar-refractivity contribution in [1.82, 2.24) is 10.6 Å². The van der Waals surface area contributed by atoms with Crippen LogP contribution in [0.4, 0.5) is 0 Å². The molecule has 1 heterocycles. The van der Waals surface area contributed by atoms with Gasteiger partial charge in [-0.15, -0.1) is 0 Å². The molecule has 0 spiro atoms. The third-order valence-electron chi connectivity index (χ3n) is 3.27. The molecule has 1 aliphatic heterocycles. The van der Waals surface area contributed by atoms with Crippen LogP contribution in [0.5, 0.6) is 0 Å². The molecule has 0 amide bonds. The van der Waals surface area contributed by atoms with Crippen molar-refractivity contribution in [2.24, 2.45) is 5.92 Å². The Balaban J connectivity index is 1.56. The highest BCUT2D eigenvalue weighted by atomic mass is 15.0. The van der Waals surface area contributed by atoms with Gasteiger partial charge in [0.15, 0.2) is 0 Å². The van der Waals surface area contributed by atoms with Crippen molar-refractivity contribution < 1.29 is 0 Å². The van der Waals surface area contributed by atoms with Crippen LogP contribution in [0.15, 0.2) is 0 Å². The first kappa shape index (κ1) is 8.52. The van der Waals surface area contributed by atoms with E-state index < -0.39 is 0 Å². The molecule has 2 fully saturated rings. The normalized spacial score (nSPS) is 32.2. The SMILES string of the molecule is CC1(NCCC2CCNC2)CC1. The van der Waals surface area contributed by atoms with Crippen LogP contribution in [0.2, 0.25) is 0 Å².